The number of aromatic nitrogens is 5. The molecule has 4 rings (SSSR count). The van der Waals surface area contributed by atoms with Crippen molar-refractivity contribution in [1.29, 1.82) is 0 Å². The van der Waals surface area contributed by atoms with Crippen LogP contribution in [0.3, 0.4) is 0 Å². The molecule has 8 heteroatoms. The Morgan fingerprint density at radius 3 is 2.77 bits per heavy atom. The van der Waals surface area contributed by atoms with Gasteiger partial charge < -0.3 is 5.32 Å². The number of nitrogens with one attached hydrogen (secondary N) is 1. The highest BCUT2D eigenvalue weighted by Crippen LogP contribution is 2.22. The summed E-state index contributed by atoms with van der Waals surface area (Å²) < 4.78 is 3.72. The van der Waals surface area contributed by atoms with Crippen LogP contribution in [-0.2, 0) is 11.3 Å². The van der Waals surface area contributed by atoms with Crippen LogP contribution in [-0.4, -0.2) is 36.2 Å². The molecule has 0 aliphatic rings. The minimum absolute atomic E-state index is 0.0949. The number of amides is 1. The van der Waals surface area contributed by atoms with E-state index in [0.29, 0.717) is 11.7 Å². The highest BCUT2D eigenvalue weighted by Gasteiger charge is 2.12. The van der Waals surface area contributed by atoms with Crippen LogP contribution in [0.5, 0.6) is 0 Å². The van der Waals surface area contributed by atoms with Crippen LogP contribution in [0, 0.1) is 13.8 Å². The second-order valence-corrected chi connectivity index (χ2v) is 7.89. The van der Waals surface area contributed by atoms with Gasteiger partial charge >= 0.3 is 0 Å². The van der Waals surface area contributed by atoms with Crippen molar-refractivity contribution < 1.29 is 4.79 Å². The molecular weight excluding hydrogens is 396 g/mol. The summed E-state index contributed by atoms with van der Waals surface area (Å²) in [5, 5.41) is 16.1. The van der Waals surface area contributed by atoms with Gasteiger partial charge in [-0.05, 0) is 54.8 Å². The van der Waals surface area contributed by atoms with Crippen molar-refractivity contribution >= 4 is 23.4 Å². The van der Waals surface area contributed by atoms with Gasteiger partial charge in [0, 0.05) is 23.8 Å². The first kappa shape index (κ1) is 19.9. The number of rotatable bonds is 7. The number of hydrogen-bond acceptors (Lipinski definition) is 5. The second-order valence-electron chi connectivity index (χ2n) is 6.95. The van der Waals surface area contributed by atoms with Crippen molar-refractivity contribution in [2.45, 2.75) is 25.5 Å². The monoisotopic (exact) mass is 418 g/mol. The number of anilines is 1. The SMILES string of the molecule is Cc1ccc(-n2cnnc2SCC(=O)Nc2ccccc2Cn2cccn2)cc1C. The molecule has 0 saturated carbocycles. The van der Waals surface area contributed by atoms with E-state index in [9.17, 15) is 4.79 Å². The fourth-order valence-corrected chi connectivity index (χ4v) is 3.77. The number of benzene rings is 2. The minimum Gasteiger partial charge on any atom is -0.325 e. The van der Waals surface area contributed by atoms with E-state index in [1.165, 1.54) is 22.9 Å². The number of hydrogen-bond donors (Lipinski definition) is 1. The fraction of sp³-hybridized carbons (Fsp3) is 0.182. The van der Waals surface area contributed by atoms with Crippen LogP contribution in [0.1, 0.15) is 16.7 Å². The zero-order valence-corrected chi connectivity index (χ0v) is 17.6. The number of nitrogens with zero attached hydrogens (tertiary/aromatic N) is 5. The number of thioether (sulfide) groups is 1. The first-order valence-corrected chi connectivity index (χ1v) is 10.5. The Morgan fingerprint density at radius 2 is 1.97 bits per heavy atom. The number of aryl methyl sites for hydroxylation is 2. The molecule has 0 bridgehead atoms. The zero-order chi connectivity index (χ0) is 20.9. The quantitative estimate of drug-likeness (QED) is 0.461. The molecule has 0 unspecified atom stereocenters. The van der Waals surface area contributed by atoms with Gasteiger partial charge in [0.05, 0.1) is 12.3 Å². The molecule has 1 N–H and O–H groups in total. The maximum Gasteiger partial charge on any atom is 0.234 e. The molecule has 1 amide bonds. The van der Waals surface area contributed by atoms with Crippen LogP contribution in [0.2, 0.25) is 0 Å². The zero-order valence-electron chi connectivity index (χ0n) is 16.8. The maximum atomic E-state index is 12.6. The Balaban J connectivity index is 1.42. The second kappa shape index (κ2) is 8.96. The average molecular weight is 419 g/mol. The third-order valence-electron chi connectivity index (χ3n) is 4.80. The number of para-hydroxylation sites is 1. The predicted octanol–water partition coefficient (Wildman–Crippen LogP) is 3.86. The van der Waals surface area contributed by atoms with Gasteiger partial charge in [0.25, 0.3) is 0 Å². The highest BCUT2D eigenvalue weighted by molar-refractivity contribution is 7.99. The Kier molecular flexibility index (Phi) is 5.94. The molecular formula is C22H22N6OS. The van der Waals surface area contributed by atoms with Gasteiger partial charge in [-0.15, -0.1) is 10.2 Å². The van der Waals surface area contributed by atoms with Gasteiger partial charge in [-0.1, -0.05) is 36.0 Å². The van der Waals surface area contributed by atoms with Crippen molar-refractivity contribution in [3.05, 3.63) is 83.9 Å². The normalized spacial score (nSPS) is 10.9. The fourth-order valence-electron chi connectivity index (χ4n) is 3.04. The van der Waals surface area contributed by atoms with Gasteiger partial charge in [-0.25, -0.2) is 0 Å². The van der Waals surface area contributed by atoms with Crippen molar-refractivity contribution in [3.63, 3.8) is 0 Å². The number of carbonyl (C=O) groups excluding carboxylic acids is 1. The molecule has 0 saturated heterocycles. The van der Waals surface area contributed by atoms with Crippen LogP contribution in [0.4, 0.5) is 5.69 Å². The molecule has 0 aliphatic carbocycles. The molecule has 2 aromatic carbocycles. The lowest BCUT2D eigenvalue weighted by Gasteiger charge is -2.11. The van der Waals surface area contributed by atoms with E-state index in [4.69, 9.17) is 0 Å². The van der Waals surface area contributed by atoms with Crippen LogP contribution < -0.4 is 5.32 Å². The van der Waals surface area contributed by atoms with Crippen molar-refractivity contribution in [2.24, 2.45) is 0 Å². The van der Waals surface area contributed by atoms with E-state index in [1.807, 2.05) is 51.8 Å². The van der Waals surface area contributed by atoms with Gasteiger partial charge in [0.1, 0.15) is 6.33 Å². The van der Waals surface area contributed by atoms with Gasteiger partial charge in [0.2, 0.25) is 5.91 Å². The summed E-state index contributed by atoms with van der Waals surface area (Å²) in [7, 11) is 0. The standard InChI is InChI=1S/C22H22N6OS/c1-16-8-9-19(12-17(16)2)28-15-23-26-22(28)30-14-21(29)25-20-7-4-3-6-18(20)13-27-11-5-10-24-27/h3-12,15H,13-14H2,1-2H3,(H,25,29). The molecule has 2 heterocycles. The van der Waals surface area contributed by atoms with E-state index in [0.717, 1.165) is 16.9 Å². The van der Waals surface area contributed by atoms with E-state index in [1.54, 1.807) is 12.5 Å². The smallest absolute Gasteiger partial charge is 0.234 e. The Bertz CT molecular complexity index is 1150. The highest BCUT2D eigenvalue weighted by atomic mass is 32.2. The third-order valence-corrected chi connectivity index (χ3v) is 5.74. The molecule has 0 fully saturated rings. The summed E-state index contributed by atoms with van der Waals surface area (Å²) in [6.45, 7) is 4.75. The van der Waals surface area contributed by atoms with Crippen LogP contribution >= 0.6 is 11.8 Å². The lowest BCUT2D eigenvalue weighted by molar-refractivity contribution is -0.113. The molecule has 7 nitrogen and oxygen atoms in total. The summed E-state index contributed by atoms with van der Waals surface area (Å²) in [6, 6.07) is 15.8. The Hall–Kier alpha value is -3.39. The molecule has 0 atom stereocenters. The van der Waals surface area contributed by atoms with E-state index >= 15 is 0 Å². The first-order chi connectivity index (χ1) is 14.6. The van der Waals surface area contributed by atoms with Crippen molar-refractivity contribution in [1.82, 2.24) is 24.5 Å². The van der Waals surface area contributed by atoms with Crippen LogP contribution in [0.15, 0.2) is 72.4 Å². The summed E-state index contributed by atoms with van der Waals surface area (Å²) in [4.78, 5) is 12.6. The lowest BCUT2D eigenvalue weighted by Crippen LogP contribution is -2.16. The van der Waals surface area contributed by atoms with Crippen molar-refractivity contribution in [3.8, 4) is 5.69 Å². The molecule has 0 radical (unpaired) electrons. The largest absolute Gasteiger partial charge is 0.325 e. The minimum atomic E-state index is -0.0949. The molecule has 152 valence electrons. The Morgan fingerprint density at radius 1 is 1.10 bits per heavy atom. The Labute approximate surface area is 179 Å². The predicted molar refractivity (Wildman–Crippen MR) is 118 cm³/mol. The topological polar surface area (TPSA) is 77.6 Å². The van der Waals surface area contributed by atoms with Crippen LogP contribution in [0.25, 0.3) is 5.69 Å². The molecule has 4 aromatic rings. The molecule has 30 heavy (non-hydrogen) atoms. The first-order valence-electron chi connectivity index (χ1n) is 9.56. The van der Waals surface area contributed by atoms with Gasteiger partial charge in [0.15, 0.2) is 5.16 Å². The lowest BCUT2D eigenvalue weighted by atomic mass is 10.1. The van der Waals surface area contributed by atoms with Crippen molar-refractivity contribution in [2.75, 3.05) is 11.1 Å². The van der Waals surface area contributed by atoms with E-state index < -0.39 is 0 Å². The summed E-state index contributed by atoms with van der Waals surface area (Å²) in [5.41, 5.74) is 5.19. The van der Waals surface area contributed by atoms with Gasteiger partial charge in [-0.2, -0.15) is 5.10 Å². The van der Waals surface area contributed by atoms with E-state index in [-0.39, 0.29) is 11.7 Å². The summed E-state index contributed by atoms with van der Waals surface area (Å²) in [5.74, 6) is 0.141. The average Bonchev–Trinajstić information content (AvgIpc) is 3.42. The maximum absolute atomic E-state index is 12.6. The summed E-state index contributed by atoms with van der Waals surface area (Å²) >= 11 is 1.36. The molecule has 0 spiro atoms. The van der Waals surface area contributed by atoms with E-state index in [2.05, 4.69) is 46.6 Å². The number of carbonyl (C=O) groups is 1. The van der Waals surface area contributed by atoms with Gasteiger partial charge in [-0.3, -0.25) is 14.0 Å². The molecule has 2 aromatic heterocycles. The summed E-state index contributed by atoms with van der Waals surface area (Å²) in [6.07, 6.45) is 5.31. The third kappa shape index (κ3) is 4.60. The molecule has 0 aliphatic heterocycles.